The van der Waals surface area contributed by atoms with Gasteiger partial charge in [-0.05, 0) is 63.9 Å². The molecule has 0 aromatic heterocycles. The second-order valence-electron chi connectivity index (χ2n) is 10.2. The lowest BCUT2D eigenvalue weighted by Crippen LogP contribution is -2.54. The van der Waals surface area contributed by atoms with Crippen molar-refractivity contribution in [3.8, 4) is 0 Å². The molecule has 0 atom stereocenters. The van der Waals surface area contributed by atoms with E-state index in [1.54, 1.807) is 5.20 Å². The van der Waals surface area contributed by atoms with Crippen LogP contribution in [0.25, 0.3) is 0 Å². The van der Waals surface area contributed by atoms with E-state index in [1.165, 1.54) is 32.1 Å². The zero-order valence-electron chi connectivity index (χ0n) is 18.4. The molecule has 0 aromatic rings. The molecule has 0 unspecified atom stereocenters. The first-order valence-electron chi connectivity index (χ1n) is 9.70. The Bertz CT molecular complexity index is 385. The predicted molar refractivity (Wildman–Crippen MR) is 121 cm³/mol. The molecule has 0 saturated heterocycles. The van der Waals surface area contributed by atoms with Crippen LogP contribution in [-0.2, 0) is 8.23 Å². The molecule has 0 aliphatic heterocycles. The van der Waals surface area contributed by atoms with Crippen LogP contribution in [0.5, 0.6) is 0 Å². The molecule has 0 radical (unpaired) electrons. The number of unbranched alkanes of at least 4 members (excludes halogenated alkanes) is 3. The fraction of sp³-hybridized carbons (Fsp3) is 0.889. The summed E-state index contributed by atoms with van der Waals surface area (Å²) in [5, 5.41) is 1.54. The lowest BCUT2D eigenvalue weighted by molar-refractivity contribution is 0.394. The third kappa shape index (κ3) is 12.0. The van der Waals surface area contributed by atoms with Crippen molar-refractivity contribution in [3.63, 3.8) is 0 Å². The summed E-state index contributed by atoms with van der Waals surface area (Å²) in [6.07, 6.45) is 6.39. The number of hydrogen-bond donors (Lipinski definition) is 0. The molecule has 0 aromatic carbocycles. The zero-order chi connectivity index (χ0) is 19.2. The molecule has 6 heteroatoms. The van der Waals surface area contributed by atoms with Crippen molar-refractivity contribution >= 4 is 33.3 Å². The first-order chi connectivity index (χ1) is 10.6. The van der Waals surface area contributed by atoms with Gasteiger partial charge in [0.1, 0.15) is 0 Å². The van der Waals surface area contributed by atoms with Crippen LogP contribution < -0.4 is 0 Å². The Kier molecular flexibility index (Phi) is 9.67. The van der Waals surface area contributed by atoms with Crippen LogP contribution in [0.1, 0.15) is 39.0 Å². The molecule has 0 aliphatic carbocycles. The van der Waals surface area contributed by atoms with Crippen LogP contribution in [0.4, 0.5) is 0 Å². The second-order valence-corrected chi connectivity index (χ2v) is 27.9. The molecule has 0 fully saturated rings. The van der Waals surface area contributed by atoms with Crippen molar-refractivity contribution in [1.29, 1.82) is 0 Å². The molecular formula is C18H44O2Si4. The highest BCUT2D eigenvalue weighted by Crippen LogP contribution is 2.31. The summed E-state index contributed by atoms with van der Waals surface area (Å²) < 4.78 is 13.6. The molecule has 0 aliphatic rings. The molecule has 0 amide bonds. The summed E-state index contributed by atoms with van der Waals surface area (Å²) in [4.78, 5) is 0. The smallest absolute Gasteiger partial charge is 0.343 e. The summed E-state index contributed by atoms with van der Waals surface area (Å²) in [7, 11) is -6.91. The molecule has 0 N–H and O–H groups in total. The van der Waals surface area contributed by atoms with Crippen LogP contribution in [0, 0.1) is 0 Å². The Morgan fingerprint density at radius 2 is 1.17 bits per heavy atom. The lowest BCUT2D eigenvalue weighted by Gasteiger charge is -2.40. The fourth-order valence-electron chi connectivity index (χ4n) is 3.02. The third-order valence-electron chi connectivity index (χ3n) is 3.49. The minimum Gasteiger partial charge on any atom is -0.434 e. The van der Waals surface area contributed by atoms with Gasteiger partial charge in [-0.15, -0.1) is 0 Å². The van der Waals surface area contributed by atoms with Gasteiger partial charge in [-0.1, -0.05) is 51.5 Å². The third-order valence-corrected chi connectivity index (χ3v) is 14.6. The first kappa shape index (κ1) is 24.5. The summed E-state index contributed by atoms with van der Waals surface area (Å²) in [5.74, 6) is 0. The SMILES string of the molecule is CCCCCC/C(=C\[Si](C)(C)C)[Si](C)(O[Si](C)(C)C)O[Si](C)(C)C. The van der Waals surface area contributed by atoms with Gasteiger partial charge in [0.25, 0.3) is 0 Å². The van der Waals surface area contributed by atoms with Crippen molar-refractivity contribution < 1.29 is 8.23 Å². The quantitative estimate of drug-likeness (QED) is 0.270. The normalized spacial score (nSPS) is 15.0. The first-order valence-corrected chi connectivity index (χ1v) is 22.4. The van der Waals surface area contributed by atoms with Gasteiger partial charge in [-0.3, -0.25) is 0 Å². The molecule has 0 bridgehead atoms. The summed E-state index contributed by atoms with van der Waals surface area (Å²) >= 11 is 0. The number of allylic oxidation sites excluding steroid dienone is 1. The largest absolute Gasteiger partial charge is 0.434 e. The van der Waals surface area contributed by atoms with Gasteiger partial charge in [0, 0.05) is 0 Å². The number of hydrogen-bond acceptors (Lipinski definition) is 2. The van der Waals surface area contributed by atoms with Crippen LogP contribution in [0.15, 0.2) is 10.9 Å². The summed E-state index contributed by atoms with van der Waals surface area (Å²) in [5.41, 5.74) is 2.60. The lowest BCUT2D eigenvalue weighted by atomic mass is 10.1. The van der Waals surface area contributed by atoms with E-state index in [4.69, 9.17) is 8.23 Å². The molecular weight excluding hydrogens is 361 g/mol. The molecule has 0 saturated carbocycles. The predicted octanol–water partition coefficient (Wildman–Crippen LogP) is 7.07. The zero-order valence-corrected chi connectivity index (χ0v) is 22.4. The molecule has 0 spiro atoms. The van der Waals surface area contributed by atoms with Gasteiger partial charge < -0.3 is 8.23 Å². The Balaban J connectivity index is 5.66. The van der Waals surface area contributed by atoms with Gasteiger partial charge in [0.2, 0.25) is 0 Å². The molecule has 24 heavy (non-hydrogen) atoms. The van der Waals surface area contributed by atoms with Gasteiger partial charge in [-0.25, -0.2) is 0 Å². The second kappa shape index (κ2) is 9.46. The van der Waals surface area contributed by atoms with Crippen LogP contribution in [-0.4, -0.2) is 33.3 Å². The van der Waals surface area contributed by atoms with E-state index >= 15 is 0 Å². The highest BCUT2D eigenvalue weighted by molar-refractivity contribution is 6.92. The molecule has 0 rings (SSSR count). The fourth-order valence-corrected chi connectivity index (χ4v) is 18.1. The molecule has 0 heterocycles. The van der Waals surface area contributed by atoms with E-state index < -0.39 is 33.3 Å². The summed E-state index contributed by atoms with van der Waals surface area (Å²) in [6.45, 7) is 25.7. The van der Waals surface area contributed by atoms with E-state index in [1.807, 2.05) is 0 Å². The van der Waals surface area contributed by atoms with E-state index in [-0.39, 0.29) is 0 Å². The monoisotopic (exact) mass is 404 g/mol. The average molecular weight is 405 g/mol. The van der Waals surface area contributed by atoms with E-state index in [2.05, 4.69) is 78.1 Å². The highest BCUT2D eigenvalue weighted by Gasteiger charge is 2.43. The molecule has 2 nitrogen and oxygen atoms in total. The van der Waals surface area contributed by atoms with Crippen molar-refractivity contribution in [2.75, 3.05) is 0 Å². The maximum Gasteiger partial charge on any atom is 0.343 e. The van der Waals surface area contributed by atoms with Crippen molar-refractivity contribution in [2.45, 2.75) is 104 Å². The van der Waals surface area contributed by atoms with E-state index in [0.717, 1.165) is 0 Å². The van der Waals surface area contributed by atoms with Crippen molar-refractivity contribution in [3.05, 3.63) is 10.9 Å². The molecule has 144 valence electrons. The van der Waals surface area contributed by atoms with E-state index in [9.17, 15) is 0 Å². The Morgan fingerprint density at radius 1 is 0.708 bits per heavy atom. The van der Waals surface area contributed by atoms with Crippen LogP contribution >= 0.6 is 0 Å². The Labute approximate surface area is 156 Å². The van der Waals surface area contributed by atoms with Gasteiger partial charge in [-0.2, -0.15) is 0 Å². The number of rotatable bonds is 11. The minimum absolute atomic E-state index is 1.17. The average Bonchev–Trinajstić information content (AvgIpc) is 2.26. The van der Waals surface area contributed by atoms with Crippen LogP contribution in [0.3, 0.4) is 0 Å². The summed E-state index contributed by atoms with van der Waals surface area (Å²) in [6, 6.07) is 0. The van der Waals surface area contributed by atoms with Gasteiger partial charge in [0.15, 0.2) is 16.6 Å². The maximum atomic E-state index is 6.81. The van der Waals surface area contributed by atoms with Crippen molar-refractivity contribution in [1.82, 2.24) is 0 Å². The van der Waals surface area contributed by atoms with Crippen LogP contribution in [0.2, 0.25) is 65.5 Å². The van der Waals surface area contributed by atoms with Gasteiger partial charge in [0.05, 0.1) is 8.07 Å². The Hall–Kier alpha value is 0.528. The van der Waals surface area contributed by atoms with Gasteiger partial charge >= 0.3 is 8.56 Å². The maximum absolute atomic E-state index is 6.81. The Morgan fingerprint density at radius 3 is 1.50 bits per heavy atom. The van der Waals surface area contributed by atoms with E-state index in [0.29, 0.717) is 0 Å². The highest BCUT2D eigenvalue weighted by atomic mass is 28.5. The minimum atomic E-state index is -2.30. The standard InChI is InChI=1S/C18H44O2Si4/c1-12-13-14-15-16-18(17-21(2,3)4)24(11,19-22(5,6)7)20-23(8,9)10/h17H,12-16H2,1-11H3/b18-17+. The topological polar surface area (TPSA) is 18.5 Å². The van der Waals surface area contributed by atoms with Crippen molar-refractivity contribution in [2.24, 2.45) is 0 Å².